The number of hydrogen-bond acceptors (Lipinski definition) is 4. The van der Waals surface area contributed by atoms with E-state index in [4.69, 9.17) is 49.1 Å². The van der Waals surface area contributed by atoms with Crippen LogP contribution in [0.5, 0.6) is 5.75 Å². The number of ether oxygens (including phenoxy) is 1. The van der Waals surface area contributed by atoms with Crippen LogP contribution >= 0.6 is 34.8 Å². The van der Waals surface area contributed by atoms with Gasteiger partial charge in [0.1, 0.15) is 23.1 Å². The zero-order chi connectivity index (χ0) is 26.1. The van der Waals surface area contributed by atoms with Crippen molar-refractivity contribution in [3.8, 4) is 34.0 Å². The summed E-state index contributed by atoms with van der Waals surface area (Å²) in [5, 5.41) is 9.11. The van der Waals surface area contributed by atoms with Gasteiger partial charge in [-0.15, -0.1) is 0 Å². The van der Waals surface area contributed by atoms with E-state index in [9.17, 15) is 4.79 Å². The predicted octanol–water partition coefficient (Wildman–Crippen LogP) is 8.33. The number of rotatable bonds is 6. The van der Waals surface area contributed by atoms with Crippen molar-refractivity contribution >= 4 is 46.5 Å². The van der Waals surface area contributed by atoms with Crippen LogP contribution in [-0.2, 0) is 0 Å². The Balaban J connectivity index is 1.51. The van der Waals surface area contributed by atoms with E-state index in [1.54, 1.807) is 61.2 Å². The summed E-state index contributed by atoms with van der Waals surface area (Å²) in [6.45, 7) is 1.74. The number of carbonyl (C=O) groups excluding carboxylic acids is 1. The maximum atomic E-state index is 13.4. The van der Waals surface area contributed by atoms with Gasteiger partial charge >= 0.3 is 0 Å². The van der Waals surface area contributed by atoms with E-state index in [2.05, 4.69) is 5.32 Å². The topological polar surface area (TPSA) is 69.3 Å². The van der Waals surface area contributed by atoms with Gasteiger partial charge in [-0.2, -0.15) is 5.10 Å². The predicted molar refractivity (Wildman–Crippen MR) is 147 cm³/mol. The molecule has 3 aromatic carbocycles. The first-order chi connectivity index (χ1) is 17.8. The van der Waals surface area contributed by atoms with Crippen molar-refractivity contribution in [3.63, 3.8) is 0 Å². The average molecular weight is 553 g/mol. The lowest BCUT2D eigenvalue weighted by Crippen LogP contribution is -2.15. The molecular formula is C28H20Cl3N3O3. The molecule has 0 bridgehead atoms. The molecule has 5 aromatic rings. The zero-order valence-corrected chi connectivity index (χ0v) is 22.0. The summed E-state index contributed by atoms with van der Waals surface area (Å²) in [5.41, 5.74) is 3.34. The number of carbonyl (C=O) groups is 1. The first-order valence-corrected chi connectivity index (χ1v) is 12.3. The van der Waals surface area contributed by atoms with E-state index >= 15 is 0 Å². The normalized spacial score (nSPS) is 10.9. The summed E-state index contributed by atoms with van der Waals surface area (Å²) >= 11 is 18.4. The van der Waals surface area contributed by atoms with Crippen LogP contribution < -0.4 is 10.1 Å². The van der Waals surface area contributed by atoms with Crippen LogP contribution in [0.2, 0.25) is 15.1 Å². The molecular weight excluding hydrogens is 533 g/mol. The molecule has 0 unspecified atom stereocenters. The maximum absolute atomic E-state index is 13.4. The second-order valence-electron chi connectivity index (χ2n) is 8.20. The number of amides is 1. The number of anilines is 1. The minimum Gasteiger partial charge on any atom is -0.497 e. The largest absolute Gasteiger partial charge is 0.497 e. The molecule has 0 saturated carbocycles. The number of nitrogens with zero attached hydrogens (tertiary/aromatic N) is 2. The van der Waals surface area contributed by atoms with Gasteiger partial charge in [-0.25, -0.2) is 4.68 Å². The summed E-state index contributed by atoms with van der Waals surface area (Å²) in [7, 11) is 1.61. The molecule has 0 aliphatic heterocycles. The number of nitrogens with one attached hydrogen (secondary N) is 1. The molecule has 0 radical (unpaired) electrons. The quantitative estimate of drug-likeness (QED) is 0.230. The van der Waals surface area contributed by atoms with Gasteiger partial charge in [-0.3, -0.25) is 4.79 Å². The Morgan fingerprint density at radius 1 is 0.892 bits per heavy atom. The molecule has 37 heavy (non-hydrogen) atoms. The highest BCUT2D eigenvalue weighted by atomic mass is 35.5. The average Bonchev–Trinajstić information content (AvgIpc) is 3.50. The van der Waals surface area contributed by atoms with E-state index in [0.29, 0.717) is 49.4 Å². The number of furan rings is 1. The smallest absolute Gasteiger partial charge is 0.260 e. The van der Waals surface area contributed by atoms with Crippen molar-refractivity contribution in [2.75, 3.05) is 12.4 Å². The number of aryl methyl sites for hydroxylation is 1. The van der Waals surface area contributed by atoms with Crippen LogP contribution in [0.15, 0.2) is 83.3 Å². The van der Waals surface area contributed by atoms with E-state index in [-0.39, 0.29) is 5.91 Å². The van der Waals surface area contributed by atoms with Crippen molar-refractivity contribution < 1.29 is 13.9 Å². The van der Waals surface area contributed by atoms with Crippen molar-refractivity contribution in [1.82, 2.24) is 9.78 Å². The third kappa shape index (κ3) is 5.23. The van der Waals surface area contributed by atoms with Gasteiger partial charge in [-0.1, -0.05) is 34.8 Å². The van der Waals surface area contributed by atoms with Crippen molar-refractivity contribution in [1.29, 1.82) is 0 Å². The minimum absolute atomic E-state index is 0.344. The maximum Gasteiger partial charge on any atom is 0.260 e. The molecule has 2 aromatic heterocycles. The SMILES string of the molecule is COc1ccc(-c2cc(NC(=O)c3cc(-c4ccc(Cl)cc4)oc3C)n(-c3ccc(Cl)c(Cl)c3)n2)cc1. The Labute approximate surface area is 228 Å². The van der Waals surface area contributed by atoms with E-state index < -0.39 is 0 Å². The molecule has 0 atom stereocenters. The molecule has 5 rings (SSSR count). The van der Waals surface area contributed by atoms with E-state index in [0.717, 1.165) is 16.9 Å². The number of methoxy groups -OCH3 is 1. The molecule has 0 spiro atoms. The third-order valence-corrected chi connectivity index (χ3v) is 6.77. The van der Waals surface area contributed by atoms with Crippen LogP contribution in [0.1, 0.15) is 16.1 Å². The molecule has 1 amide bonds. The van der Waals surface area contributed by atoms with Gasteiger partial charge in [0.25, 0.3) is 5.91 Å². The molecule has 0 aliphatic rings. The van der Waals surface area contributed by atoms with Crippen molar-refractivity contribution in [2.24, 2.45) is 0 Å². The monoisotopic (exact) mass is 551 g/mol. The Morgan fingerprint density at radius 2 is 1.59 bits per heavy atom. The van der Waals surface area contributed by atoms with Crippen LogP contribution in [0.3, 0.4) is 0 Å². The Bertz CT molecular complexity index is 1590. The van der Waals surface area contributed by atoms with Crippen LogP contribution in [0, 0.1) is 6.92 Å². The molecule has 1 N–H and O–H groups in total. The lowest BCUT2D eigenvalue weighted by molar-refractivity contribution is 0.102. The molecule has 0 aliphatic carbocycles. The van der Waals surface area contributed by atoms with Crippen molar-refractivity contribution in [2.45, 2.75) is 6.92 Å². The van der Waals surface area contributed by atoms with Crippen LogP contribution in [-0.4, -0.2) is 22.8 Å². The molecule has 186 valence electrons. The van der Waals surface area contributed by atoms with Gasteiger partial charge in [0.15, 0.2) is 0 Å². The van der Waals surface area contributed by atoms with Crippen molar-refractivity contribution in [3.05, 3.63) is 105 Å². The molecule has 2 heterocycles. The summed E-state index contributed by atoms with van der Waals surface area (Å²) in [6, 6.07) is 23.3. The second kappa shape index (κ2) is 10.3. The molecule has 0 fully saturated rings. The van der Waals surface area contributed by atoms with Crippen LogP contribution in [0.25, 0.3) is 28.3 Å². The van der Waals surface area contributed by atoms with Gasteiger partial charge in [0, 0.05) is 22.2 Å². The summed E-state index contributed by atoms with van der Waals surface area (Å²) in [5.74, 6) is 1.88. The Kier molecular flexibility index (Phi) is 6.98. The van der Waals surface area contributed by atoms with Gasteiger partial charge in [0.05, 0.1) is 34.1 Å². The fourth-order valence-electron chi connectivity index (χ4n) is 3.83. The zero-order valence-electron chi connectivity index (χ0n) is 19.8. The summed E-state index contributed by atoms with van der Waals surface area (Å²) in [4.78, 5) is 13.4. The Morgan fingerprint density at radius 3 is 2.27 bits per heavy atom. The van der Waals surface area contributed by atoms with Gasteiger partial charge in [-0.05, 0) is 79.7 Å². The molecule has 6 nitrogen and oxygen atoms in total. The fourth-order valence-corrected chi connectivity index (χ4v) is 4.25. The molecule has 0 saturated heterocycles. The third-order valence-electron chi connectivity index (χ3n) is 5.78. The highest BCUT2D eigenvalue weighted by molar-refractivity contribution is 6.42. The highest BCUT2D eigenvalue weighted by Gasteiger charge is 2.20. The second-order valence-corrected chi connectivity index (χ2v) is 9.45. The standard InChI is InChI=1S/C28H20Cl3N3O3/c1-16-22(14-26(37-16)18-3-7-19(29)8-4-18)28(35)32-27-15-25(17-5-10-21(36-2)11-6-17)33-34(27)20-9-12-23(30)24(31)13-20/h3-15H,1-2H3,(H,32,35). The highest BCUT2D eigenvalue weighted by Crippen LogP contribution is 2.31. The summed E-state index contributed by atoms with van der Waals surface area (Å²) < 4.78 is 12.7. The first kappa shape index (κ1) is 25.0. The lowest BCUT2D eigenvalue weighted by Gasteiger charge is -2.09. The lowest BCUT2D eigenvalue weighted by atomic mass is 10.1. The number of hydrogen-bond donors (Lipinski definition) is 1. The first-order valence-electron chi connectivity index (χ1n) is 11.2. The minimum atomic E-state index is -0.344. The van der Waals surface area contributed by atoms with E-state index in [1.807, 2.05) is 36.4 Å². The number of aromatic nitrogens is 2. The number of benzene rings is 3. The Hall–Kier alpha value is -3.71. The van der Waals surface area contributed by atoms with Gasteiger partial charge in [0.2, 0.25) is 0 Å². The number of halogens is 3. The van der Waals surface area contributed by atoms with E-state index in [1.165, 1.54) is 0 Å². The van der Waals surface area contributed by atoms with Crippen LogP contribution in [0.4, 0.5) is 5.82 Å². The molecule has 9 heteroatoms. The van der Waals surface area contributed by atoms with Gasteiger partial charge < -0.3 is 14.5 Å². The summed E-state index contributed by atoms with van der Waals surface area (Å²) in [6.07, 6.45) is 0. The fraction of sp³-hybridized carbons (Fsp3) is 0.0714.